The molecule has 0 bridgehead atoms. The van der Waals surface area contributed by atoms with Crippen molar-refractivity contribution in [2.75, 3.05) is 32.6 Å². The number of aromatic nitrogens is 1. The van der Waals surface area contributed by atoms with Crippen LogP contribution >= 0.6 is 0 Å². The smallest absolute Gasteiger partial charge is 0.253 e. The van der Waals surface area contributed by atoms with Gasteiger partial charge in [0, 0.05) is 49.6 Å². The van der Waals surface area contributed by atoms with Gasteiger partial charge in [-0.2, -0.15) is 0 Å². The van der Waals surface area contributed by atoms with Crippen LogP contribution in [-0.4, -0.2) is 55.3 Å². The number of likely N-dealkylation sites (N-methyl/N-ethyl adjacent to an activating group) is 1. The van der Waals surface area contributed by atoms with Crippen LogP contribution in [0.4, 0.5) is 5.69 Å². The maximum Gasteiger partial charge on any atom is 0.253 e. The predicted octanol–water partition coefficient (Wildman–Crippen LogP) is 5.54. The molecule has 3 aromatic carbocycles. The molecule has 1 heterocycles. The average molecular weight is 579 g/mol. The molecule has 3 amide bonds. The third-order valence-corrected chi connectivity index (χ3v) is 7.45. The molecule has 0 fully saturated rings. The maximum absolute atomic E-state index is 13.0. The monoisotopic (exact) mass is 578 g/mol. The summed E-state index contributed by atoms with van der Waals surface area (Å²) in [6.07, 6.45) is 3.01. The number of nitrogens with zero attached hydrogens (tertiary/aromatic N) is 3. The Kier molecular flexibility index (Phi) is 9.60. The number of aryl methyl sites for hydroxylation is 3. The summed E-state index contributed by atoms with van der Waals surface area (Å²) in [7, 11) is 5.09. The molecule has 0 radical (unpaired) electrons. The van der Waals surface area contributed by atoms with Gasteiger partial charge in [-0.15, -0.1) is 0 Å². The number of carbonyl (C=O) groups excluding carboxylic acids is 3. The van der Waals surface area contributed by atoms with Crippen molar-refractivity contribution in [1.29, 1.82) is 0 Å². The molecule has 4 aromatic rings. The maximum atomic E-state index is 13.0. The zero-order chi connectivity index (χ0) is 31.3. The van der Waals surface area contributed by atoms with Gasteiger partial charge in [0.05, 0.1) is 6.54 Å². The Bertz CT molecular complexity index is 1710. The summed E-state index contributed by atoms with van der Waals surface area (Å²) in [5.74, 6) is -0.0197. The molecule has 1 aromatic heterocycles. The highest BCUT2D eigenvalue weighted by molar-refractivity contribution is 5.99. The van der Waals surface area contributed by atoms with E-state index in [0.717, 1.165) is 50.1 Å². The molecule has 0 aliphatic heterocycles. The van der Waals surface area contributed by atoms with E-state index in [2.05, 4.69) is 18.3 Å². The quantitative estimate of drug-likeness (QED) is 0.263. The van der Waals surface area contributed by atoms with E-state index in [0.29, 0.717) is 17.9 Å². The number of carbonyl (C=O) groups is 3. The minimum absolute atomic E-state index is 0.0911. The van der Waals surface area contributed by atoms with Crippen LogP contribution in [0.1, 0.15) is 43.9 Å². The molecule has 0 unspecified atom stereocenters. The van der Waals surface area contributed by atoms with Gasteiger partial charge >= 0.3 is 0 Å². The molecule has 43 heavy (non-hydrogen) atoms. The van der Waals surface area contributed by atoms with Gasteiger partial charge < -0.3 is 19.9 Å². The predicted molar refractivity (Wildman–Crippen MR) is 171 cm³/mol. The van der Waals surface area contributed by atoms with E-state index < -0.39 is 0 Å². The van der Waals surface area contributed by atoms with E-state index in [1.54, 1.807) is 56.4 Å². The molecule has 0 saturated heterocycles. The topological polar surface area (TPSA) is 91.8 Å². The molecule has 8 nitrogen and oxygen atoms in total. The molecular formula is C35H38N4O4. The zero-order valence-electron chi connectivity index (χ0n) is 25.8. The Morgan fingerprint density at radius 3 is 2.33 bits per heavy atom. The van der Waals surface area contributed by atoms with Crippen molar-refractivity contribution < 1.29 is 19.1 Å². The fourth-order valence-corrected chi connectivity index (χ4v) is 4.93. The Morgan fingerprint density at radius 2 is 1.63 bits per heavy atom. The zero-order valence-corrected chi connectivity index (χ0v) is 25.8. The van der Waals surface area contributed by atoms with E-state index in [4.69, 9.17) is 9.72 Å². The summed E-state index contributed by atoms with van der Waals surface area (Å²) in [6.45, 7) is 8.20. The standard InChI is InChI=1S/C35H38N4O4/c1-22-11-17-30(25(4)29(22)21-43-31-10-8-9-28-23(2)19-24(3)37-34(28)31)39(7)33(41)20-36-32(40)18-14-26-12-15-27(16-13-26)35(42)38(5)6/h8-19H,20-21H2,1-7H3,(H,36,40). The van der Waals surface area contributed by atoms with Crippen LogP contribution in [0.25, 0.3) is 17.0 Å². The van der Waals surface area contributed by atoms with Gasteiger partial charge in [0.1, 0.15) is 17.9 Å². The highest BCUT2D eigenvalue weighted by Crippen LogP contribution is 2.30. The van der Waals surface area contributed by atoms with Crippen LogP contribution in [0.5, 0.6) is 5.75 Å². The Hall–Kier alpha value is -4.98. The third kappa shape index (κ3) is 7.27. The minimum atomic E-state index is -0.390. The summed E-state index contributed by atoms with van der Waals surface area (Å²) in [4.78, 5) is 45.2. The number of nitrogens with one attached hydrogen (secondary N) is 1. The van der Waals surface area contributed by atoms with E-state index in [1.807, 2.05) is 51.1 Å². The number of ether oxygens (including phenoxy) is 1. The largest absolute Gasteiger partial charge is 0.487 e. The highest BCUT2D eigenvalue weighted by Gasteiger charge is 2.18. The Balaban J connectivity index is 1.39. The van der Waals surface area contributed by atoms with E-state index in [9.17, 15) is 14.4 Å². The van der Waals surface area contributed by atoms with Gasteiger partial charge in [-0.25, -0.2) is 4.98 Å². The SMILES string of the molecule is Cc1cc(C)c2cccc(OCc3c(C)ccc(N(C)C(=O)CNC(=O)C=Cc4ccc(C(=O)N(C)C)cc4)c3C)c2n1. The summed E-state index contributed by atoms with van der Waals surface area (Å²) < 4.78 is 6.29. The Morgan fingerprint density at radius 1 is 0.907 bits per heavy atom. The first-order chi connectivity index (χ1) is 20.5. The van der Waals surface area contributed by atoms with E-state index in [1.165, 1.54) is 11.0 Å². The van der Waals surface area contributed by atoms with E-state index >= 15 is 0 Å². The van der Waals surface area contributed by atoms with Crippen molar-refractivity contribution in [3.05, 3.63) is 106 Å². The van der Waals surface area contributed by atoms with Crippen molar-refractivity contribution in [2.24, 2.45) is 0 Å². The van der Waals surface area contributed by atoms with Gasteiger partial charge in [0.2, 0.25) is 11.8 Å². The molecule has 0 saturated carbocycles. The third-order valence-electron chi connectivity index (χ3n) is 7.45. The number of rotatable bonds is 9. The molecule has 0 atom stereocenters. The molecule has 1 N–H and O–H groups in total. The average Bonchev–Trinajstić information content (AvgIpc) is 2.98. The number of para-hydroxylation sites is 1. The van der Waals surface area contributed by atoms with Gasteiger partial charge in [-0.05, 0) is 91.9 Å². The molecular weight excluding hydrogens is 540 g/mol. The summed E-state index contributed by atoms with van der Waals surface area (Å²) in [5, 5.41) is 3.71. The lowest BCUT2D eigenvalue weighted by Gasteiger charge is -2.23. The van der Waals surface area contributed by atoms with Crippen LogP contribution in [-0.2, 0) is 16.2 Å². The van der Waals surface area contributed by atoms with Crippen LogP contribution in [0.2, 0.25) is 0 Å². The minimum Gasteiger partial charge on any atom is -0.487 e. The second kappa shape index (κ2) is 13.3. The number of fused-ring (bicyclic) bond motifs is 1. The van der Waals surface area contributed by atoms with Crippen LogP contribution in [0.3, 0.4) is 0 Å². The first kappa shape index (κ1) is 31.0. The highest BCUT2D eigenvalue weighted by atomic mass is 16.5. The second-order valence-electron chi connectivity index (χ2n) is 10.9. The van der Waals surface area contributed by atoms with Gasteiger partial charge in [-0.3, -0.25) is 14.4 Å². The summed E-state index contributed by atoms with van der Waals surface area (Å²) in [6, 6.07) is 18.8. The lowest BCUT2D eigenvalue weighted by molar-refractivity contribution is -0.122. The van der Waals surface area contributed by atoms with Crippen LogP contribution < -0.4 is 15.0 Å². The number of hydrogen-bond acceptors (Lipinski definition) is 5. The molecule has 222 valence electrons. The number of hydrogen-bond donors (Lipinski definition) is 1. The normalized spacial score (nSPS) is 11.0. The molecule has 0 aliphatic rings. The van der Waals surface area contributed by atoms with Crippen molar-refractivity contribution in [3.63, 3.8) is 0 Å². The first-order valence-electron chi connectivity index (χ1n) is 14.1. The van der Waals surface area contributed by atoms with Crippen molar-refractivity contribution in [1.82, 2.24) is 15.2 Å². The van der Waals surface area contributed by atoms with Gasteiger partial charge in [-0.1, -0.05) is 30.3 Å². The van der Waals surface area contributed by atoms with Gasteiger partial charge in [0.25, 0.3) is 5.91 Å². The lowest BCUT2D eigenvalue weighted by atomic mass is 10.0. The summed E-state index contributed by atoms with van der Waals surface area (Å²) in [5.41, 5.74) is 7.97. The number of anilines is 1. The second-order valence-corrected chi connectivity index (χ2v) is 10.9. The summed E-state index contributed by atoms with van der Waals surface area (Å²) >= 11 is 0. The van der Waals surface area contributed by atoms with Crippen LogP contribution in [0.15, 0.2) is 66.7 Å². The number of pyridine rings is 1. The number of benzene rings is 3. The molecule has 0 spiro atoms. The van der Waals surface area contributed by atoms with Crippen molar-refractivity contribution >= 4 is 40.4 Å². The fraction of sp³-hybridized carbons (Fsp3) is 0.257. The first-order valence-corrected chi connectivity index (χ1v) is 14.1. The molecule has 0 aliphatic carbocycles. The Labute approximate surface area is 253 Å². The van der Waals surface area contributed by atoms with Crippen molar-refractivity contribution in [2.45, 2.75) is 34.3 Å². The van der Waals surface area contributed by atoms with E-state index in [-0.39, 0.29) is 24.3 Å². The van der Waals surface area contributed by atoms with Gasteiger partial charge in [0.15, 0.2) is 0 Å². The molecule has 4 rings (SSSR count). The lowest BCUT2D eigenvalue weighted by Crippen LogP contribution is -2.38. The fourth-order valence-electron chi connectivity index (χ4n) is 4.93. The molecule has 8 heteroatoms. The van der Waals surface area contributed by atoms with Crippen molar-refractivity contribution in [3.8, 4) is 5.75 Å². The van der Waals surface area contributed by atoms with Crippen LogP contribution in [0, 0.1) is 27.7 Å². The number of amides is 3.